The molecular weight excluding hydrogens is 943 g/mol. The van der Waals surface area contributed by atoms with Crippen molar-refractivity contribution in [2.24, 2.45) is 0 Å². The molecule has 1 aliphatic rings. The number of esters is 1. The van der Waals surface area contributed by atoms with Crippen molar-refractivity contribution in [1.29, 1.82) is 0 Å². The Morgan fingerprint density at radius 1 is 0.533 bits per heavy atom. The summed E-state index contributed by atoms with van der Waals surface area (Å²) in [6.45, 7) is 5.58. The number of rotatable bonds is 49. The number of unbranched alkanes of at least 4 members (excludes halogenated alkanes) is 21. The first-order valence-corrected chi connectivity index (χ1v) is 30.0. The van der Waals surface area contributed by atoms with E-state index in [1.54, 1.807) is 6.08 Å². The van der Waals surface area contributed by atoms with Gasteiger partial charge in [-0.1, -0.05) is 227 Å². The molecule has 8 atom stereocenters. The molecule has 430 valence electrons. The van der Waals surface area contributed by atoms with Crippen LogP contribution < -0.4 is 5.32 Å². The Morgan fingerprint density at radius 3 is 1.49 bits per heavy atom. The summed E-state index contributed by atoms with van der Waals surface area (Å²) in [5, 5.41) is 56.7. The van der Waals surface area contributed by atoms with E-state index in [0.717, 1.165) is 128 Å². The van der Waals surface area contributed by atoms with Gasteiger partial charge in [-0.15, -0.1) is 0 Å². The van der Waals surface area contributed by atoms with Crippen LogP contribution in [-0.4, -0.2) is 99.6 Å². The van der Waals surface area contributed by atoms with Crippen molar-refractivity contribution in [3.63, 3.8) is 0 Å². The molecule has 1 aliphatic heterocycles. The van der Waals surface area contributed by atoms with Gasteiger partial charge in [0.25, 0.3) is 0 Å². The molecule has 1 fully saturated rings. The molecule has 11 heteroatoms. The van der Waals surface area contributed by atoms with Crippen molar-refractivity contribution >= 4 is 11.9 Å². The predicted molar refractivity (Wildman–Crippen MR) is 310 cm³/mol. The largest absolute Gasteiger partial charge is 0.454 e. The van der Waals surface area contributed by atoms with Crippen LogP contribution in [0.25, 0.3) is 0 Å². The zero-order valence-electron chi connectivity index (χ0n) is 47.4. The van der Waals surface area contributed by atoms with Gasteiger partial charge in [0, 0.05) is 6.42 Å². The van der Waals surface area contributed by atoms with Gasteiger partial charge in [-0.2, -0.15) is 0 Å². The highest BCUT2D eigenvalue weighted by atomic mass is 16.7. The van der Waals surface area contributed by atoms with E-state index in [1.807, 2.05) is 6.08 Å². The minimum Gasteiger partial charge on any atom is -0.454 e. The van der Waals surface area contributed by atoms with Gasteiger partial charge < -0.3 is 45.1 Å². The summed E-state index contributed by atoms with van der Waals surface area (Å²) in [5.74, 6) is -1.23. The first kappa shape index (κ1) is 69.6. The quantitative estimate of drug-likeness (QED) is 0.0195. The topological polar surface area (TPSA) is 175 Å². The van der Waals surface area contributed by atoms with Crippen molar-refractivity contribution in [2.45, 2.75) is 282 Å². The fourth-order valence-corrected chi connectivity index (χ4v) is 8.69. The normalized spacial score (nSPS) is 19.9. The molecule has 75 heavy (non-hydrogen) atoms. The van der Waals surface area contributed by atoms with E-state index in [0.29, 0.717) is 12.8 Å². The van der Waals surface area contributed by atoms with E-state index >= 15 is 0 Å². The Bertz CT molecular complexity index is 1580. The van der Waals surface area contributed by atoms with Gasteiger partial charge in [-0.25, -0.2) is 0 Å². The number of aliphatic hydroxyl groups is 5. The maximum Gasteiger partial charge on any atom is 0.306 e. The van der Waals surface area contributed by atoms with Crippen molar-refractivity contribution in [3.05, 3.63) is 97.2 Å². The molecule has 0 aromatic heterocycles. The molecule has 0 aromatic rings. The average Bonchev–Trinajstić information content (AvgIpc) is 3.41. The average molecular weight is 1050 g/mol. The Morgan fingerprint density at radius 2 is 0.973 bits per heavy atom. The number of aliphatic hydroxyl groups excluding tert-OH is 5. The number of nitrogens with one attached hydrogen (secondary N) is 1. The molecule has 0 aromatic carbocycles. The van der Waals surface area contributed by atoms with Crippen LogP contribution in [0.4, 0.5) is 0 Å². The monoisotopic (exact) mass is 1050 g/mol. The number of allylic oxidation sites excluding steroid dienone is 15. The molecule has 0 saturated carbocycles. The lowest BCUT2D eigenvalue weighted by molar-refractivity contribution is -0.305. The smallest absolute Gasteiger partial charge is 0.306 e. The molecule has 0 bridgehead atoms. The second-order valence-corrected chi connectivity index (χ2v) is 20.3. The number of hydrogen-bond acceptors (Lipinski definition) is 10. The van der Waals surface area contributed by atoms with Gasteiger partial charge in [-0.3, -0.25) is 9.59 Å². The lowest BCUT2D eigenvalue weighted by atomic mass is 9.99. The van der Waals surface area contributed by atoms with Crippen molar-refractivity contribution in [2.75, 3.05) is 13.2 Å². The fourth-order valence-electron chi connectivity index (χ4n) is 8.69. The first-order chi connectivity index (χ1) is 36.7. The summed E-state index contributed by atoms with van der Waals surface area (Å²) < 4.78 is 17.6. The predicted octanol–water partition coefficient (Wildman–Crippen LogP) is 13.9. The van der Waals surface area contributed by atoms with Gasteiger partial charge in [0.15, 0.2) is 12.4 Å². The molecule has 1 heterocycles. The van der Waals surface area contributed by atoms with Gasteiger partial charge >= 0.3 is 5.97 Å². The number of hydrogen-bond donors (Lipinski definition) is 6. The number of carbonyl (C=O) groups excluding carboxylic acids is 2. The molecular formula is C64H109NO10. The van der Waals surface area contributed by atoms with Crippen LogP contribution in [0.1, 0.15) is 233 Å². The minimum absolute atomic E-state index is 0.100. The number of carbonyl (C=O) groups is 2. The molecule has 0 spiro atoms. The second kappa shape index (κ2) is 51.3. The van der Waals surface area contributed by atoms with Gasteiger partial charge in [0.1, 0.15) is 24.4 Å². The molecule has 0 radical (unpaired) electrons. The third-order valence-corrected chi connectivity index (χ3v) is 13.5. The van der Waals surface area contributed by atoms with Crippen LogP contribution in [0.3, 0.4) is 0 Å². The third-order valence-electron chi connectivity index (χ3n) is 13.5. The van der Waals surface area contributed by atoms with Gasteiger partial charge in [0.05, 0.1) is 25.4 Å². The number of amides is 1. The van der Waals surface area contributed by atoms with Crippen LogP contribution >= 0.6 is 0 Å². The molecule has 0 aliphatic carbocycles. The van der Waals surface area contributed by atoms with Crippen molar-refractivity contribution in [1.82, 2.24) is 5.32 Å². The zero-order valence-corrected chi connectivity index (χ0v) is 47.4. The molecule has 11 nitrogen and oxygen atoms in total. The third kappa shape index (κ3) is 39.6. The summed E-state index contributed by atoms with van der Waals surface area (Å²) in [6, 6.07) is -1.03. The molecule has 1 saturated heterocycles. The van der Waals surface area contributed by atoms with Crippen LogP contribution in [-0.2, 0) is 23.8 Å². The number of ether oxygens (including phenoxy) is 3. The highest BCUT2D eigenvalue weighted by Crippen LogP contribution is 2.26. The molecule has 1 rings (SSSR count). The van der Waals surface area contributed by atoms with Gasteiger partial charge in [-0.05, 0) is 96.3 Å². The van der Waals surface area contributed by atoms with E-state index < -0.39 is 67.4 Å². The van der Waals surface area contributed by atoms with E-state index in [-0.39, 0.29) is 19.4 Å². The lowest BCUT2D eigenvalue weighted by Crippen LogP contribution is -2.61. The standard InChI is InChI=1S/C64H109NO10/c1-4-7-10-13-16-19-22-23-24-25-26-27-28-29-30-31-32-33-34-35-37-40-43-46-49-52-59(69)75-62-61(71)60(70)58(53-66)74-64(62)73-54-55(56(67)50-47-44-41-39-36-20-17-14-11-8-5-2)65-63(72)57(68)51-48-45-42-38-21-18-15-12-9-6-3/h7,10,15-16,18-19,23-24,26-27,29-30,32-33,47,50,55-58,60-62,64,66-68,70-71H,4-6,8-9,11-14,17,20-22,25,28,31,34-46,48-49,51-54H2,1-3H3,(H,65,72)/b10-7-,18-15-,19-16-,24-23-,27-26-,30-29-,33-32-,50-47+. The summed E-state index contributed by atoms with van der Waals surface area (Å²) in [7, 11) is 0. The summed E-state index contributed by atoms with van der Waals surface area (Å²) in [6.07, 6.45) is 57.4. The summed E-state index contributed by atoms with van der Waals surface area (Å²) >= 11 is 0. The van der Waals surface area contributed by atoms with E-state index in [2.05, 4.69) is 111 Å². The second-order valence-electron chi connectivity index (χ2n) is 20.3. The summed E-state index contributed by atoms with van der Waals surface area (Å²) in [4.78, 5) is 26.4. The van der Waals surface area contributed by atoms with Gasteiger partial charge in [0.2, 0.25) is 5.91 Å². The molecule has 8 unspecified atom stereocenters. The van der Waals surface area contributed by atoms with Crippen LogP contribution in [0.5, 0.6) is 0 Å². The van der Waals surface area contributed by atoms with Crippen molar-refractivity contribution < 1.29 is 49.3 Å². The first-order valence-electron chi connectivity index (χ1n) is 30.0. The molecule has 6 N–H and O–H groups in total. The Kier molecular flexibility index (Phi) is 47.6. The lowest BCUT2D eigenvalue weighted by Gasteiger charge is -2.41. The highest BCUT2D eigenvalue weighted by Gasteiger charge is 2.47. The highest BCUT2D eigenvalue weighted by molar-refractivity contribution is 5.80. The van der Waals surface area contributed by atoms with E-state index in [4.69, 9.17) is 14.2 Å². The van der Waals surface area contributed by atoms with Crippen LogP contribution in [0, 0.1) is 0 Å². The fraction of sp³-hybridized carbons (Fsp3) is 0.719. The summed E-state index contributed by atoms with van der Waals surface area (Å²) in [5.41, 5.74) is 0. The maximum atomic E-state index is 13.3. The Labute approximate surface area is 456 Å². The minimum atomic E-state index is -1.63. The molecule has 1 amide bonds. The zero-order chi connectivity index (χ0) is 54.7. The van der Waals surface area contributed by atoms with Crippen LogP contribution in [0.15, 0.2) is 97.2 Å². The van der Waals surface area contributed by atoms with Crippen LogP contribution in [0.2, 0.25) is 0 Å². The Balaban J connectivity index is 2.62. The van der Waals surface area contributed by atoms with E-state index in [1.165, 1.54) is 57.8 Å². The van der Waals surface area contributed by atoms with Crippen molar-refractivity contribution in [3.8, 4) is 0 Å². The SMILES string of the molecule is CC/C=C\C/C=C\C/C=C\C/C=C\C/C=C\C/C=C\CCCCCCCCC(=O)OC1C(OCC(NC(=O)C(O)CCCCCC/C=C\CCCC)C(O)/C=C/CCCCCCCCCCC)OC(CO)C(O)C1O. The Hall–Kier alpha value is -3.42. The van der Waals surface area contributed by atoms with E-state index in [9.17, 15) is 35.1 Å². The maximum absolute atomic E-state index is 13.3.